The molecule has 5 heteroatoms. The molecule has 0 radical (unpaired) electrons. The average molecular weight is 329 g/mol. The predicted octanol–water partition coefficient (Wildman–Crippen LogP) is 4.20. The Hall–Kier alpha value is -2.30. The van der Waals surface area contributed by atoms with Crippen molar-refractivity contribution in [1.29, 1.82) is 0 Å². The molecule has 0 saturated carbocycles. The van der Waals surface area contributed by atoms with Gasteiger partial charge >= 0.3 is 0 Å². The Morgan fingerprint density at radius 2 is 1.87 bits per heavy atom. The number of benzene rings is 2. The maximum absolute atomic E-state index is 5.96. The molecule has 0 amide bonds. The third-order valence-electron chi connectivity index (χ3n) is 3.34. The molecular formula is C18H17ClN2O2. The Morgan fingerprint density at radius 1 is 1.00 bits per heavy atom. The Bertz CT molecular complexity index is 727. The van der Waals surface area contributed by atoms with E-state index in [9.17, 15) is 0 Å². The molecule has 0 bridgehead atoms. The Balaban J connectivity index is 1.47. The molecule has 2 aromatic carbocycles. The summed E-state index contributed by atoms with van der Waals surface area (Å²) in [6.45, 7) is 1.92. The first-order chi connectivity index (χ1) is 11.3. The fourth-order valence-corrected chi connectivity index (χ4v) is 2.37. The highest BCUT2D eigenvalue weighted by Gasteiger charge is 2.00. The van der Waals surface area contributed by atoms with Gasteiger partial charge in [0.25, 0.3) is 0 Å². The maximum Gasteiger partial charge on any atom is 0.150 e. The van der Waals surface area contributed by atoms with Gasteiger partial charge in [-0.05, 0) is 35.4 Å². The van der Waals surface area contributed by atoms with Gasteiger partial charge in [0.15, 0.2) is 0 Å². The zero-order valence-corrected chi connectivity index (χ0v) is 13.3. The lowest BCUT2D eigenvalue weighted by atomic mass is 10.2. The average Bonchev–Trinajstić information content (AvgIpc) is 3.08. The van der Waals surface area contributed by atoms with E-state index in [1.54, 1.807) is 6.20 Å². The Kier molecular flexibility index (Phi) is 5.29. The molecular weight excluding hydrogens is 312 g/mol. The van der Waals surface area contributed by atoms with Gasteiger partial charge in [0, 0.05) is 17.6 Å². The van der Waals surface area contributed by atoms with Crippen molar-refractivity contribution in [2.45, 2.75) is 19.7 Å². The van der Waals surface area contributed by atoms with Gasteiger partial charge in [-0.1, -0.05) is 41.0 Å². The largest absolute Gasteiger partial charge is 0.489 e. The molecule has 23 heavy (non-hydrogen) atoms. The summed E-state index contributed by atoms with van der Waals surface area (Å²) in [6.07, 6.45) is 1.64. The highest BCUT2D eigenvalue weighted by Crippen LogP contribution is 2.16. The number of hydrogen-bond donors (Lipinski definition) is 1. The molecule has 0 aliphatic rings. The van der Waals surface area contributed by atoms with Crippen molar-refractivity contribution in [2.24, 2.45) is 0 Å². The topological polar surface area (TPSA) is 47.3 Å². The number of aromatic nitrogens is 1. The number of nitrogens with zero attached hydrogens (tertiary/aromatic N) is 1. The lowest BCUT2D eigenvalue weighted by Gasteiger charge is -2.08. The minimum absolute atomic E-state index is 0.504. The number of nitrogens with one attached hydrogen (secondary N) is 1. The number of ether oxygens (including phenoxy) is 1. The Morgan fingerprint density at radius 3 is 2.61 bits per heavy atom. The molecule has 0 aliphatic heterocycles. The fourth-order valence-electron chi connectivity index (χ4n) is 2.16. The highest BCUT2D eigenvalue weighted by atomic mass is 35.5. The molecule has 1 N–H and O–H groups in total. The summed E-state index contributed by atoms with van der Waals surface area (Å²) in [5.41, 5.74) is 2.23. The molecule has 3 rings (SSSR count). The standard InChI is InChI=1S/C18H17ClN2O2/c19-16-3-1-2-15(10-16)13-22-17-6-4-14(5-7-17)11-20-12-18-8-9-21-23-18/h1-10,20H,11-13H2. The highest BCUT2D eigenvalue weighted by molar-refractivity contribution is 6.30. The van der Waals surface area contributed by atoms with E-state index in [0.717, 1.165) is 28.6 Å². The van der Waals surface area contributed by atoms with Crippen LogP contribution in [0, 0.1) is 0 Å². The van der Waals surface area contributed by atoms with Gasteiger partial charge in [-0.2, -0.15) is 0 Å². The summed E-state index contributed by atoms with van der Waals surface area (Å²) < 4.78 is 10.8. The second kappa shape index (κ2) is 7.81. The van der Waals surface area contributed by atoms with Crippen LogP contribution in [0.5, 0.6) is 5.75 Å². The smallest absolute Gasteiger partial charge is 0.150 e. The first-order valence-corrected chi connectivity index (χ1v) is 7.74. The van der Waals surface area contributed by atoms with Crippen LogP contribution in [0.1, 0.15) is 16.9 Å². The van der Waals surface area contributed by atoms with Crippen LogP contribution in [0.25, 0.3) is 0 Å². The van der Waals surface area contributed by atoms with Gasteiger partial charge < -0.3 is 14.6 Å². The number of rotatable bonds is 7. The van der Waals surface area contributed by atoms with Crippen LogP contribution >= 0.6 is 11.6 Å². The molecule has 1 aromatic heterocycles. The number of hydrogen-bond acceptors (Lipinski definition) is 4. The minimum atomic E-state index is 0.504. The van der Waals surface area contributed by atoms with Crippen LogP contribution in [-0.2, 0) is 19.7 Å². The van der Waals surface area contributed by atoms with Crippen molar-refractivity contribution >= 4 is 11.6 Å². The zero-order chi connectivity index (χ0) is 15.9. The SMILES string of the molecule is Clc1cccc(COc2ccc(CNCc3ccno3)cc2)c1. The molecule has 0 fully saturated rings. The molecule has 1 heterocycles. The minimum Gasteiger partial charge on any atom is -0.489 e. The van der Waals surface area contributed by atoms with Gasteiger partial charge in [-0.3, -0.25) is 0 Å². The van der Waals surface area contributed by atoms with Crippen molar-refractivity contribution in [1.82, 2.24) is 10.5 Å². The van der Waals surface area contributed by atoms with Crippen LogP contribution in [0.15, 0.2) is 65.3 Å². The van der Waals surface area contributed by atoms with E-state index in [1.807, 2.05) is 54.6 Å². The second-order valence-electron chi connectivity index (χ2n) is 5.14. The second-order valence-corrected chi connectivity index (χ2v) is 5.58. The summed E-state index contributed by atoms with van der Waals surface area (Å²) >= 11 is 5.96. The van der Waals surface area contributed by atoms with E-state index < -0.39 is 0 Å². The summed E-state index contributed by atoms with van der Waals surface area (Å²) in [6, 6.07) is 17.5. The third kappa shape index (κ3) is 4.84. The lowest BCUT2D eigenvalue weighted by Crippen LogP contribution is -2.12. The maximum atomic E-state index is 5.96. The molecule has 4 nitrogen and oxygen atoms in total. The van der Waals surface area contributed by atoms with Crippen molar-refractivity contribution in [3.63, 3.8) is 0 Å². The van der Waals surface area contributed by atoms with Crippen molar-refractivity contribution in [3.8, 4) is 5.75 Å². The Labute approximate surface area is 140 Å². The molecule has 118 valence electrons. The third-order valence-corrected chi connectivity index (χ3v) is 3.57. The van der Waals surface area contributed by atoms with E-state index in [0.29, 0.717) is 13.2 Å². The number of halogens is 1. The fraction of sp³-hybridized carbons (Fsp3) is 0.167. The van der Waals surface area contributed by atoms with E-state index in [2.05, 4.69) is 10.5 Å². The van der Waals surface area contributed by atoms with Gasteiger partial charge in [0.05, 0.1) is 12.7 Å². The normalized spacial score (nSPS) is 10.7. The van der Waals surface area contributed by atoms with Crippen molar-refractivity contribution in [2.75, 3.05) is 0 Å². The summed E-state index contributed by atoms with van der Waals surface area (Å²) in [7, 11) is 0. The molecule has 0 saturated heterocycles. The van der Waals surface area contributed by atoms with Gasteiger partial charge in [-0.15, -0.1) is 0 Å². The van der Waals surface area contributed by atoms with Crippen molar-refractivity contribution in [3.05, 3.63) is 82.7 Å². The van der Waals surface area contributed by atoms with Gasteiger partial charge in [0.1, 0.15) is 18.1 Å². The molecule has 3 aromatic rings. The molecule has 0 unspecified atom stereocenters. The lowest BCUT2D eigenvalue weighted by molar-refractivity contribution is 0.306. The van der Waals surface area contributed by atoms with Gasteiger partial charge in [0.2, 0.25) is 0 Å². The van der Waals surface area contributed by atoms with Crippen LogP contribution in [-0.4, -0.2) is 5.16 Å². The monoisotopic (exact) mass is 328 g/mol. The van der Waals surface area contributed by atoms with Gasteiger partial charge in [-0.25, -0.2) is 0 Å². The first-order valence-electron chi connectivity index (χ1n) is 7.36. The van der Waals surface area contributed by atoms with Crippen LogP contribution in [0.3, 0.4) is 0 Å². The van der Waals surface area contributed by atoms with Crippen LogP contribution in [0.4, 0.5) is 0 Å². The van der Waals surface area contributed by atoms with Crippen LogP contribution < -0.4 is 10.1 Å². The zero-order valence-electron chi connectivity index (χ0n) is 12.5. The summed E-state index contributed by atoms with van der Waals surface area (Å²) in [5, 5.41) is 7.69. The summed E-state index contributed by atoms with van der Waals surface area (Å²) in [5.74, 6) is 1.66. The van der Waals surface area contributed by atoms with E-state index >= 15 is 0 Å². The predicted molar refractivity (Wildman–Crippen MR) is 89.3 cm³/mol. The first kappa shape index (κ1) is 15.6. The quantitative estimate of drug-likeness (QED) is 0.706. The van der Waals surface area contributed by atoms with E-state index in [-0.39, 0.29) is 0 Å². The summed E-state index contributed by atoms with van der Waals surface area (Å²) in [4.78, 5) is 0. The van der Waals surface area contributed by atoms with Crippen molar-refractivity contribution < 1.29 is 9.26 Å². The van der Waals surface area contributed by atoms with E-state index in [1.165, 1.54) is 5.56 Å². The molecule has 0 spiro atoms. The van der Waals surface area contributed by atoms with Crippen LogP contribution in [0.2, 0.25) is 5.02 Å². The molecule has 0 atom stereocenters. The van der Waals surface area contributed by atoms with E-state index in [4.69, 9.17) is 20.9 Å². The molecule has 0 aliphatic carbocycles.